The van der Waals surface area contributed by atoms with Crippen molar-refractivity contribution in [3.63, 3.8) is 0 Å². The van der Waals surface area contributed by atoms with Gasteiger partial charge in [0.05, 0.1) is 19.1 Å². The number of anilines is 1. The molecule has 0 spiro atoms. The maximum Gasteiger partial charge on any atom is 0.266 e. The Hall–Kier alpha value is -1.92. The predicted molar refractivity (Wildman–Crippen MR) is 77.3 cm³/mol. The number of aromatic nitrogens is 2. The summed E-state index contributed by atoms with van der Waals surface area (Å²) >= 11 is 0. The standard InChI is InChI=1S/C15H18N4O2/c1-2-4-12-11(3-1)9-16-10-13(12)14-17-15(18-21-14)19-5-7-20-8-6-19/h1-4,13,16H,5-10H2. The lowest BCUT2D eigenvalue weighted by Crippen LogP contribution is -2.37. The summed E-state index contributed by atoms with van der Waals surface area (Å²) in [6.45, 7) is 4.81. The molecule has 21 heavy (non-hydrogen) atoms. The Labute approximate surface area is 123 Å². The van der Waals surface area contributed by atoms with E-state index >= 15 is 0 Å². The van der Waals surface area contributed by atoms with Crippen LogP contribution in [0.3, 0.4) is 0 Å². The molecule has 110 valence electrons. The van der Waals surface area contributed by atoms with E-state index in [1.165, 1.54) is 11.1 Å². The van der Waals surface area contributed by atoms with Gasteiger partial charge in [-0.05, 0) is 16.3 Å². The van der Waals surface area contributed by atoms with Crippen molar-refractivity contribution in [2.75, 3.05) is 37.7 Å². The van der Waals surface area contributed by atoms with Gasteiger partial charge in [-0.2, -0.15) is 4.98 Å². The zero-order valence-corrected chi connectivity index (χ0v) is 11.8. The average Bonchev–Trinajstić information content (AvgIpc) is 3.05. The minimum Gasteiger partial charge on any atom is -0.378 e. The normalized spacial score (nSPS) is 22.1. The van der Waals surface area contributed by atoms with Crippen LogP contribution < -0.4 is 10.2 Å². The van der Waals surface area contributed by atoms with Gasteiger partial charge in [0.15, 0.2) is 0 Å². The number of rotatable bonds is 2. The summed E-state index contributed by atoms with van der Waals surface area (Å²) in [5.41, 5.74) is 2.59. The maximum atomic E-state index is 5.53. The second kappa shape index (κ2) is 5.46. The molecule has 0 amide bonds. The first-order chi connectivity index (χ1) is 10.4. The van der Waals surface area contributed by atoms with Crippen LogP contribution in [-0.2, 0) is 11.3 Å². The maximum absolute atomic E-state index is 5.53. The largest absolute Gasteiger partial charge is 0.378 e. The summed E-state index contributed by atoms with van der Waals surface area (Å²) in [6.07, 6.45) is 0. The Morgan fingerprint density at radius 1 is 1.19 bits per heavy atom. The first-order valence-corrected chi connectivity index (χ1v) is 7.36. The zero-order valence-electron chi connectivity index (χ0n) is 11.8. The second-order valence-corrected chi connectivity index (χ2v) is 5.41. The van der Waals surface area contributed by atoms with E-state index in [1.54, 1.807) is 0 Å². The third-order valence-corrected chi connectivity index (χ3v) is 4.12. The minimum absolute atomic E-state index is 0.136. The van der Waals surface area contributed by atoms with Gasteiger partial charge in [-0.15, -0.1) is 0 Å². The molecule has 3 heterocycles. The van der Waals surface area contributed by atoms with Gasteiger partial charge in [0, 0.05) is 26.2 Å². The monoisotopic (exact) mass is 286 g/mol. The topological polar surface area (TPSA) is 63.4 Å². The van der Waals surface area contributed by atoms with Crippen molar-refractivity contribution in [3.05, 3.63) is 41.3 Å². The van der Waals surface area contributed by atoms with Gasteiger partial charge in [0.1, 0.15) is 0 Å². The highest BCUT2D eigenvalue weighted by Gasteiger charge is 2.27. The van der Waals surface area contributed by atoms with Crippen molar-refractivity contribution in [1.82, 2.24) is 15.5 Å². The summed E-state index contributed by atoms with van der Waals surface area (Å²) < 4.78 is 10.9. The molecule has 1 fully saturated rings. The van der Waals surface area contributed by atoms with Gasteiger partial charge in [-0.25, -0.2) is 0 Å². The van der Waals surface area contributed by atoms with E-state index in [0.29, 0.717) is 11.8 Å². The van der Waals surface area contributed by atoms with Crippen LogP contribution in [0.5, 0.6) is 0 Å². The van der Waals surface area contributed by atoms with Crippen LogP contribution in [0.2, 0.25) is 0 Å². The number of morpholine rings is 1. The van der Waals surface area contributed by atoms with Crippen LogP contribution in [0, 0.1) is 0 Å². The second-order valence-electron chi connectivity index (χ2n) is 5.41. The van der Waals surface area contributed by atoms with E-state index in [9.17, 15) is 0 Å². The quantitative estimate of drug-likeness (QED) is 0.893. The van der Waals surface area contributed by atoms with Crippen molar-refractivity contribution in [1.29, 1.82) is 0 Å². The van der Waals surface area contributed by atoms with Crippen molar-refractivity contribution < 1.29 is 9.26 Å². The van der Waals surface area contributed by atoms with Crippen molar-refractivity contribution in [2.24, 2.45) is 0 Å². The molecule has 1 aromatic carbocycles. The molecule has 0 saturated carbocycles. The smallest absolute Gasteiger partial charge is 0.266 e. The van der Waals surface area contributed by atoms with Crippen LogP contribution in [0.1, 0.15) is 22.9 Å². The number of fused-ring (bicyclic) bond motifs is 1. The molecule has 2 aliphatic rings. The third-order valence-electron chi connectivity index (χ3n) is 4.12. The lowest BCUT2D eigenvalue weighted by atomic mass is 9.91. The Morgan fingerprint density at radius 2 is 2.05 bits per heavy atom. The lowest BCUT2D eigenvalue weighted by Gasteiger charge is -2.25. The van der Waals surface area contributed by atoms with E-state index in [-0.39, 0.29) is 5.92 Å². The molecule has 4 rings (SSSR count). The van der Waals surface area contributed by atoms with Gasteiger partial charge in [0.25, 0.3) is 5.95 Å². The molecule has 0 aliphatic carbocycles. The fourth-order valence-corrected chi connectivity index (χ4v) is 2.98. The minimum atomic E-state index is 0.136. The van der Waals surface area contributed by atoms with Crippen LogP contribution in [0.15, 0.2) is 28.8 Å². The molecule has 1 N–H and O–H groups in total. The number of nitrogens with zero attached hydrogens (tertiary/aromatic N) is 3. The highest BCUT2D eigenvalue weighted by Crippen LogP contribution is 2.29. The fourth-order valence-electron chi connectivity index (χ4n) is 2.98. The summed E-state index contributed by atoms with van der Waals surface area (Å²) in [6, 6.07) is 8.43. The first kappa shape index (κ1) is 12.8. The van der Waals surface area contributed by atoms with Gasteiger partial charge in [-0.1, -0.05) is 24.3 Å². The molecule has 1 aromatic heterocycles. The van der Waals surface area contributed by atoms with Gasteiger partial charge in [0.2, 0.25) is 5.89 Å². The van der Waals surface area contributed by atoms with Crippen LogP contribution in [0.25, 0.3) is 0 Å². The van der Waals surface area contributed by atoms with E-state index in [1.807, 2.05) is 0 Å². The molecule has 6 heteroatoms. The summed E-state index contributed by atoms with van der Waals surface area (Å²) in [5.74, 6) is 1.50. The van der Waals surface area contributed by atoms with Crippen LogP contribution in [-0.4, -0.2) is 43.0 Å². The van der Waals surface area contributed by atoms with Crippen LogP contribution >= 0.6 is 0 Å². The zero-order chi connectivity index (χ0) is 14.1. The fraction of sp³-hybridized carbons (Fsp3) is 0.467. The van der Waals surface area contributed by atoms with Crippen LogP contribution in [0.4, 0.5) is 5.95 Å². The molecule has 2 aliphatic heterocycles. The summed E-state index contributed by atoms with van der Waals surface area (Å²) in [7, 11) is 0. The van der Waals surface area contributed by atoms with Crippen molar-refractivity contribution in [2.45, 2.75) is 12.5 Å². The Morgan fingerprint density at radius 3 is 2.95 bits per heavy atom. The number of hydrogen-bond acceptors (Lipinski definition) is 6. The van der Waals surface area contributed by atoms with E-state index in [0.717, 1.165) is 39.4 Å². The Kier molecular flexibility index (Phi) is 3.33. The average molecular weight is 286 g/mol. The third kappa shape index (κ3) is 2.41. The molecule has 1 unspecified atom stereocenters. The highest BCUT2D eigenvalue weighted by molar-refractivity contribution is 5.37. The predicted octanol–water partition coefficient (Wildman–Crippen LogP) is 1.14. The first-order valence-electron chi connectivity index (χ1n) is 7.36. The number of hydrogen-bond donors (Lipinski definition) is 1. The molecule has 2 aromatic rings. The van der Waals surface area contributed by atoms with Gasteiger partial charge in [-0.3, -0.25) is 0 Å². The Bertz CT molecular complexity index is 622. The van der Waals surface area contributed by atoms with E-state index in [2.05, 4.69) is 44.6 Å². The number of nitrogens with one attached hydrogen (secondary N) is 1. The summed E-state index contributed by atoms with van der Waals surface area (Å²) in [5, 5.41) is 7.56. The van der Waals surface area contributed by atoms with Gasteiger partial charge < -0.3 is 19.5 Å². The molecule has 0 bridgehead atoms. The van der Waals surface area contributed by atoms with Gasteiger partial charge >= 0.3 is 0 Å². The van der Waals surface area contributed by atoms with E-state index in [4.69, 9.17) is 9.26 Å². The summed E-state index contributed by atoms with van der Waals surface area (Å²) in [4.78, 5) is 6.72. The lowest BCUT2D eigenvalue weighted by molar-refractivity contribution is 0.121. The SMILES string of the molecule is c1ccc2c(c1)CNCC2c1nc(N2CCOCC2)no1. The molecule has 0 radical (unpaired) electrons. The molecule has 1 saturated heterocycles. The highest BCUT2D eigenvalue weighted by atomic mass is 16.5. The van der Waals surface area contributed by atoms with E-state index < -0.39 is 0 Å². The molecule has 6 nitrogen and oxygen atoms in total. The molecule has 1 atom stereocenters. The van der Waals surface area contributed by atoms with Crippen molar-refractivity contribution in [3.8, 4) is 0 Å². The number of benzene rings is 1. The number of ether oxygens (including phenoxy) is 1. The molecular formula is C15H18N4O2. The van der Waals surface area contributed by atoms with Crippen molar-refractivity contribution >= 4 is 5.95 Å². The molecular weight excluding hydrogens is 268 g/mol. The Balaban J connectivity index is 1.61.